The van der Waals surface area contributed by atoms with E-state index in [2.05, 4.69) is 21.2 Å². The van der Waals surface area contributed by atoms with Crippen molar-refractivity contribution < 1.29 is 23.9 Å². The Bertz CT molecular complexity index is 1240. The third-order valence-electron chi connectivity index (χ3n) is 5.38. The van der Waals surface area contributed by atoms with Gasteiger partial charge in [-0.25, -0.2) is 4.90 Å². The van der Waals surface area contributed by atoms with Crippen LogP contribution in [0.2, 0.25) is 0 Å². The number of carbonyl (C=O) groups is 3. The Kier molecular flexibility index (Phi) is 6.46. The Morgan fingerprint density at radius 2 is 1.58 bits per heavy atom. The lowest BCUT2D eigenvalue weighted by Gasteiger charge is -2.13. The molecular formula is C25H21BrN2O5. The fourth-order valence-electron chi connectivity index (χ4n) is 3.67. The van der Waals surface area contributed by atoms with Crippen molar-refractivity contribution in [2.75, 3.05) is 25.7 Å². The predicted molar refractivity (Wildman–Crippen MR) is 127 cm³/mol. The molecule has 0 fully saturated rings. The van der Waals surface area contributed by atoms with Gasteiger partial charge in [0.25, 0.3) is 17.7 Å². The van der Waals surface area contributed by atoms with Gasteiger partial charge in [-0.05, 0) is 66.6 Å². The molecule has 1 aliphatic rings. The molecule has 8 heteroatoms. The standard InChI is InChI=1S/C25H21BrN2O5/c1-32-21-10-3-15(13-22(21)33-2)11-12-27-23(29)16-4-9-19-20(14-16)25(31)28(24(19)30)18-7-5-17(26)6-8-18/h3-10,13-14H,11-12H2,1-2H3,(H,27,29). The molecule has 0 aromatic heterocycles. The molecule has 0 saturated heterocycles. The Morgan fingerprint density at radius 3 is 2.27 bits per heavy atom. The van der Waals surface area contributed by atoms with Crippen molar-refractivity contribution in [2.24, 2.45) is 0 Å². The van der Waals surface area contributed by atoms with Crippen LogP contribution in [0.15, 0.2) is 65.1 Å². The van der Waals surface area contributed by atoms with Gasteiger partial charge in [0.1, 0.15) is 0 Å². The Hall–Kier alpha value is -3.65. The van der Waals surface area contributed by atoms with E-state index in [4.69, 9.17) is 9.47 Å². The minimum absolute atomic E-state index is 0.218. The lowest BCUT2D eigenvalue weighted by molar-refractivity contribution is 0.0923. The van der Waals surface area contributed by atoms with E-state index in [9.17, 15) is 14.4 Å². The highest BCUT2D eigenvalue weighted by atomic mass is 79.9. The molecule has 0 spiro atoms. The van der Waals surface area contributed by atoms with Crippen LogP contribution in [-0.2, 0) is 6.42 Å². The number of rotatable bonds is 7. The minimum atomic E-state index is -0.447. The molecule has 0 saturated carbocycles. The summed E-state index contributed by atoms with van der Waals surface area (Å²) in [5.74, 6) is 0.0916. The van der Waals surface area contributed by atoms with Crippen LogP contribution in [0, 0.1) is 0 Å². The van der Waals surface area contributed by atoms with Crippen molar-refractivity contribution in [3.05, 3.63) is 87.4 Å². The summed E-state index contributed by atoms with van der Waals surface area (Å²) in [4.78, 5) is 39.5. The molecule has 0 unspecified atom stereocenters. The molecule has 0 atom stereocenters. The normalized spacial score (nSPS) is 12.5. The zero-order valence-electron chi connectivity index (χ0n) is 18.1. The number of hydrogen-bond donors (Lipinski definition) is 1. The first-order chi connectivity index (χ1) is 15.9. The minimum Gasteiger partial charge on any atom is -0.493 e. The maximum absolute atomic E-state index is 12.9. The smallest absolute Gasteiger partial charge is 0.266 e. The molecule has 0 aliphatic carbocycles. The van der Waals surface area contributed by atoms with Crippen molar-refractivity contribution in [3.8, 4) is 11.5 Å². The molecule has 4 rings (SSSR count). The van der Waals surface area contributed by atoms with Gasteiger partial charge in [-0.2, -0.15) is 0 Å². The van der Waals surface area contributed by atoms with Crippen molar-refractivity contribution in [1.29, 1.82) is 0 Å². The molecule has 3 amide bonds. The number of anilines is 1. The largest absolute Gasteiger partial charge is 0.493 e. The summed E-state index contributed by atoms with van der Waals surface area (Å²) < 4.78 is 11.4. The van der Waals surface area contributed by atoms with E-state index >= 15 is 0 Å². The highest BCUT2D eigenvalue weighted by molar-refractivity contribution is 9.10. The van der Waals surface area contributed by atoms with Gasteiger partial charge in [-0.15, -0.1) is 0 Å². The number of amides is 3. The lowest BCUT2D eigenvalue weighted by Crippen LogP contribution is -2.29. The van der Waals surface area contributed by atoms with Gasteiger partial charge < -0.3 is 14.8 Å². The second-order valence-corrected chi connectivity index (χ2v) is 8.29. The molecule has 3 aromatic rings. The molecular weight excluding hydrogens is 488 g/mol. The maximum Gasteiger partial charge on any atom is 0.266 e. The number of ether oxygens (including phenoxy) is 2. The van der Waals surface area contributed by atoms with Crippen LogP contribution in [0.3, 0.4) is 0 Å². The van der Waals surface area contributed by atoms with Crippen LogP contribution in [-0.4, -0.2) is 38.5 Å². The van der Waals surface area contributed by atoms with E-state index in [0.29, 0.717) is 35.7 Å². The summed E-state index contributed by atoms with van der Waals surface area (Å²) in [6.07, 6.45) is 0.589. The monoisotopic (exact) mass is 508 g/mol. The number of hydrogen-bond acceptors (Lipinski definition) is 5. The topological polar surface area (TPSA) is 84.9 Å². The quantitative estimate of drug-likeness (QED) is 0.482. The van der Waals surface area contributed by atoms with E-state index in [1.165, 1.54) is 12.1 Å². The number of carbonyl (C=O) groups excluding carboxylic acids is 3. The van der Waals surface area contributed by atoms with E-state index in [-0.39, 0.29) is 17.0 Å². The molecule has 7 nitrogen and oxygen atoms in total. The summed E-state index contributed by atoms with van der Waals surface area (Å²) in [6.45, 7) is 0.392. The zero-order valence-corrected chi connectivity index (χ0v) is 19.6. The van der Waals surface area contributed by atoms with Crippen molar-refractivity contribution in [3.63, 3.8) is 0 Å². The molecule has 33 heavy (non-hydrogen) atoms. The fourth-order valence-corrected chi connectivity index (χ4v) is 3.93. The second kappa shape index (κ2) is 9.46. The molecule has 1 heterocycles. The summed E-state index contributed by atoms with van der Waals surface area (Å²) in [6, 6.07) is 17.0. The van der Waals surface area contributed by atoms with Crippen LogP contribution >= 0.6 is 15.9 Å². The molecule has 3 aromatic carbocycles. The Labute approximate surface area is 199 Å². The first-order valence-corrected chi connectivity index (χ1v) is 11.0. The second-order valence-electron chi connectivity index (χ2n) is 7.38. The highest BCUT2D eigenvalue weighted by Gasteiger charge is 2.37. The SMILES string of the molecule is COc1ccc(CCNC(=O)c2ccc3c(c2)C(=O)N(c2ccc(Br)cc2)C3=O)cc1OC. The van der Waals surface area contributed by atoms with Crippen LogP contribution in [0.4, 0.5) is 5.69 Å². The van der Waals surface area contributed by atoms with Crippen LogP contribution < -0.4 is 19.7 Å². The summed E-state index contributed by atoms with van der Waals surface area (Å²) in [5.41, 5.74) is 2.28. The molecule has 1 aliphatic heterocycles. The van der Waals surface area contributed by atoms with Gasteiger partial charge in [0.2, 0.25) is 0 Å². The maximum atomic E-state index is 12.9. The number of nitrogens with one attached hydrogen (secondary N) is 1. The van der Waals surface area contributed by atoms with Crippen LogP contribution in [0.1, 0.15) is 36.6 Å². The van der Waals surface area contributed by atoms with Gasteiger partial charge in [-0.3, -0.25) is 14.4 Å². The summed E-state index contributed by atoms with van der Waals surface area (Å²) in [5, 5.41) is 2.85. The van der Waals surface area contributed by atoms with Gasteiger partial charge >= 0.3 is 0 Å². The van der Waals surface area contributed by atoms with Gasteiger partial charge in [0.05, 0.1) is 31.0 Å². The van der Waals surface area contributed by atoms with E-state index in [1.54, 1.807) is 44.6 Å². The molecule has 1 N–H and O–H groups in total. The van der Waals surface area contributed by atoms with Gasteiger partial charge in [0.15, 0.2) is 11.5 Å². The number of halogens is 1. The van der Waals surface area contributed by atoms with Crippen LogP contribution in [0.5, 0.6) is 11.5 Å². The number of methoxy groups -OCH3 is 2. The fraction of sp³-hybridized carbons (Fsp3) is 0.160. The average Bonchev–Trinajstić information content (AvgIpc) is 3.08. The highest BCUT2D eigenvalue weighted by Crippen LogP contribution is 2.30. The van der Waals surface area contributed by atoms with E-state index < -0.39 is 11.8 Å². The lowest BCUT2D eigenvalue weighted by atomic mass is 10.1. The summed E-state index contributed by atoms with van der Waals surface area (Å²) >= 11 is 3.34. The molecule has 168 valence electrons. The number of nitrogens with zero attached hydrogens (tertiary/aromatic N) is 1. The van der Waals surface area contributed by atoms with Gasteiger partial charge in [-0.1, -0.05) is 22.0 Å². The number of imide groups is 1. The third-order valence-corrected chi connectivity index (χ3v) is 5.91. The van der Waals surface area contributed by atoms with Crippen molar-refractivity contribution >= 4 is 39.3 Å². The molecule has 0 radical (unpaired) electrons. The molecule has 0 bridgehead atoms. The Morgan fingerprint density at radius 1 is 0.879 bits per heavy atom. The van der Waals surface area contributed by atoms with Crippen molar-refractivity contribution in [1.82, 2.24) is 5.32 Å². The number of fused-ring (bicyclic) bond motifs is 1. The Balaban J connectivity index is 1.44. The van der Waals surface area contributed by atoms with Crippen molar-refractivity contribution in [2.45, 2.75) is 6.42 Å². The van der Waals surface area contributed by atoms with Crippen LogP contribution in [0.25, 0.3) is 0 Å². The number of benzene rings is 3. The third kappa shape index (κ3) is 4.47. The predicted octanol–water partition coefficient (Wildman–Crippen LogP) is 4.24. The first kappa shape index (κ1) is 22.5. The average molecular weight is 509 g/mol. The summed E-state index contributed by atoms with van der Waals surface area (Å²) in [7, 11) is 3.14. The van der Waals surface area contributed by atoms with Gasteiger partial charge in [0, 0.05) is 16.6 Å². The zero-order chi connectivity index (χ0) is 23.5. The first-order valence-electron chi connectivity index (χ1n) is 10.2. The van der Waals surface area contributed by atoms with E-state index in [0.717, 1.165) is 14.9 Å². The van der Waals surface area contributed by atoms with E-state index in [1.807, 2.05) is 18.2 Å².